The highest BCUT2D eigenvalue weighted by atomic mass is 32.2. The number of nitrogens with two attached hydrogens (primary N) is 1. The van der Waals surface area contributed by atoms with Crippen molar-refractivity contribution in [2.45, 2.75) is 38.5 Å². The van der Waals surface area contributed by atoms with Crippen molar-refractivity contribution in [3.8, 4) is 0 Å². The average molecular weight is 252 g/mol. The number of nitrogens with one attached hydrogen (secondary N) is 1. The number of carboxylic acid groups (broad SMARTS) is 1. The molecule has 0 amide bonds. The van der Waals surface area contributed by atoms with Gasteiger partial charge >= 0.3 is 5.97 Å². The topological polar surface area (TPSA) is 109 Å². The molecule has 96 valence electrons. The third-order valence-electron chi connectivity index (χ3n) is 2.18. The lowest BCUT2D eigenvalue weighted by atomic mass is 10.1. The van der Waals surface area contributed by atoms with E-state index in [1.165, 1.54) is 0 Å². The Morgan fingerprint density at radius 3 is 2.19 bits per heavy atom. The molecule has 16 heavy (non-hydrogen) atoms. The molecule has 0 aromatic carbocycles. The van der Waals surface area contributed by atoms with E-state index in [1.54, 1.807) is 0 Å². The largest absolute Gasteiger partial charge is 0.480 e. The predicted octanol–water partition coefficient (Wildman–Crippen LogP) is -0.248. The molecule has 0 radical (unpaired) electrons. The maximum Gasteiger partial charge on any atom is 0.323 e. The second-order valence-corrected chi connectivity index (χ2v) is 6.24. The lowest BCUT2D eigenvalue weighted by Gasteiger charge is -2.20. The van der Waals surface area contributed by atoms with Crippen molar-refractivity contribution in [3.63, 3.8) is 0 Å². The molecule has 0 aromatic rings. The molecule has 0 aliphatic rings. The van der Waals surface area contributed by atoms with Gasteiger partial charge in [0, 0.05) is 12.6 Å². The van der Waals surface area contributed by atoms with Gasteiger partial charge in [0.15, 0.2) is 5.25 Å². The van der Waals surface area contributed by atoms with Gasteiger partial charge in [-0.15, -0.1) is 0 Å². The summed E-state index contributed by atoms with van der Waals surface area (Å²) in [6.07, 6.45) is 0.585. The Hall–Kier alpha value is -0.660. The molecule has 0 spiro atoms. The van der Waals surface area contributed by atoms with Gasteiger partial charge in [-0.1, -0.05) is 13.8 Å². The van der Waals surface area contributed by atoms with Crippen LogP contribution in [0.15, 0.2) is 0 Å². The Labute approximate surface area is 96.3 Å². The van der Waals surface area contributed by atoms with Gasteiger partial charge in [-0.05, 0) is 19.3 Å². The molecule has 6 nitrogen and oxygen atoms in total. The molecule has 0 rings (SSSR count). The molecule has 2 atom stereocenters. The van der Waals surface area contributed by atoms with Crippen molar-refractivity contribution in [2.75, 3.05) is 6.54 Å². The number of hydrogen-bond donors (Lipinski definition) is 3. The van der Waals surface area contributed by atoms with Crippen LogP contribution in [-0.4, -0.2) is 37.3 Å². The lowest BCUT2D eigenvalue weighted by Crippen LogP contribution is -2.46. The number of rotatable bonds is 7. The van der Waals surface area contributed by atoms with Crippen molar-refractivity contribution in [3.05, 3.63) is 0 Å². The van der Waals surface area contributed by atoms with E-state index in [0.717, 1.165) is 6.92 Å². The molecule has 0 aliphatic heterocycles. The van der Waals surface area contributed by atoms with Crippen molar-refractivity contribution >= 4 is 16.0 Å². The van der Waals surface area contributed by atoms with Crippen LogP contribution in [0.5, 0.6) is 0 Å². The highest BCUT2D eigenvalue weighted by molar-refractivity contribution is 7.90. The molecule has 0 aromatic heterocycles. The van der Waals surface area contributed by atoms with E-state index in [1.807, 2.05) is 13.8 Å². The second kappa shape index (κ2) is 6.17. The van der Waals surface area contributed by atoms with E-state index in [9.17, 15) is 13.2 Å². The van der Waals surface area contributed by atoms with Crippen LogP contribution >= 0.6 is 0 Å². The highest BCUT2D eigenvalue weighted by Crippen LogP contribution is 2.07. The Bertz CT molecular complexity index is 326. The van der Waals surface area contributed by atoms with Crippen LogP contribution in [0.3, 0.4) is 0 Å². The van der Waals surface area contributed by atoms with E-state index in [0.29, 0.717) is 6.42 Å². The van der Waals surface area contributed by atoms with E-state index < -0.39 is 27.3 Å². The van der Waals surface area contributed by atoms with Gasteiger partial charge < -0.3 is 10.8 Å². The normalized spacial score (nSPS) is 16.1. The first-order valence-electron chi connectivity index (χ1n) is 5.14. The van der Waals surface area contributed by atoms with Crippen LogP contribution in [0.1, 0.15) is 27.2 Å². The summed E-state index contributed by atoms with van der Waals surface area (Å²) in [5, 5.41) is 7.17. The van der Waals surface area contributed by atoms with E-state index in [4.69, 9.17) is 10.8 Å². The molecular formula is C9H20N2O4S. The van der Waals surface area contributed by atoms with Crippen LogP contribution in [0.4, 0.5) is 0 Å². The zero-order valence-corrected chi connectivity index (χ0v) is 10.6. The van der Waals surface area contributed by atoms with Crippen LogP contribution in [-0.2, 0) is 14.8 Å². The minimum Gasteiger partial charge on any atom is -0.480 e. The number of carbonyl (C=O) groups is 1. The number of sulfonamides is 1. The van der Waals surface area contributed by atoms with Crippen LogP contribution in [0, 0.1) is 5.92 Å². The molecule has 0 heterocycles. The summed E-state index contributed by atoms with van der Waals surface area (Å²) in [5.41, 5.74) is 5.43. The smallest absolute Gasteiger partial charge is 0.323 e. The third-order valence-corrected chi connectivity index (χ3v) is 3.98. The quantitative estimate of drug-likeness (QED) is 0.579. The number of aliphatic carboxylic acids is 1. The summed E-state index contributed by atoms with van der Waals surface area (Å²) in [6.45, 7) is 5.17. The maximum atomic E-state index is 11.6. The summed E-state index contributed by atoms with van der Waals surface area (Å²) in [6, 6.07) is -0.410. The minimum absolute atomic E-state index is 0.156. The Morgan fingerprint density at radius 1 is 1.38 bits per heavy atom. The van der Waals surface area contributed by atoms with Gasteiger partial charge in [-0.2, -0.15) is 0 Å². The summed E-state index contributed by atoms with van der Waals surface area (Å²) < 4.78 is 25.5. The predicted molar refractivity (Wildman–Crippen MR) is 61.5 cm³/mol. The van der Waals surface area contributed by atoms with Crippen molar-refractivity contribution in [1.29, 1.82) is 0 Å². The van der Waals surface area contributed by atoms with E-state index in [2.05, 4.69) is 4.72 Å². The summed E-state index contributed by atoms with van der Waals surface area (Å²) in [4.78, 5) is 10.6. The summed E-state index contributed by atoms with van der Waals surface area (Å²) in [7, 11) is -3.85. The van der Waals surface area contributed by atoms with Gasteiger partial charge in [0.2, 0.25) is 10.0 Å². The van der Waals surface area contributed by atoms with Crippen molar-refractivity contribution < 1.29 is 18.3 Å². The maximum absolute atomic E-state index is 11.6. The molecule has 0 fully saturated rings. The molecule has 2 unspecified atom stereocenters. The fraction of sp³-hybridized carbons (Fsp3) is 0.889. The van der Waals surface area contributed by atoms with Gasteiger partial charge in [0.25, 0.3) is 0 Å². The molecule has 0 saturated carbocycles. The Morgan fingerprint density at radius 2 is 1.88 bits per heavy atom. The van der Waals surface area contributed by atoms with Crippen molar-refractivity contribution in [2.24, 2.45) is 11.7 Å². The molecule has 7 heteroatoms. The first-order valence-corrected chi connectivity index (χ1v) is 6.69. The second-order valence-electron chi connectivity index (χ2n) is 4.21. The summed E-state index contributed by atoms with van der Waals surface area (Å²) in [5.74, 6) is -1.08. The van der Waals surface area contributed by atoms with Gasteiger partial charge in [0.1, 0.15) is 0 Å². The molecule has 0 bridgehead atoms. The number of hydrogen-bond acceptors (Lipinski definition) is 4. The third kappa shape index (κ3) is 4.91. The Balaban J connectivity index is 4.61. The molecule has 4 N–H and O–H groups in total. The minimum atomic E-state index is -3.85. The fourth-order valence-electron chi connectivity index (χ4n) is 1.23. The van der Waals surface area contributed by atoms with Crippen LogP contribution in [0.25, 0.3) is 0 Å². The van der Waals surface area contributed by atoms with E-state index in [-0.39, 0.29) is 12.5 Å². The van der Waals surface area contributed by atoms with E-state index >= 15 is 0 Å². The van der Waals surface area contributed by atoms with Gasteiger partial charge in [-0.3, -0.25) is 4.79 Å². The first-order chi connectivity index (χ1) is 7.20. The summed E-state index contributed by atoms with van der Waals surface area (Å²) >= 11 is 0. The van der Waals surface area contributed by atoms with Gasteiger partial charge in [-0.25, -0.2) is 13.1 Å². The highest BCUT2D eigenvalue weighted by Gasteiger charge is 2.29. The lowest BCUT2D eigenvalue weighted by molar-refractivity contribution is -0.136. The number of carboxylic acids is 1. The zero-order chi connectivity index (χ0) is 12.9. The molecule has 0 saturated heterocycles. The van der Waals surface area contributed by atoms with Crippen molar-refractivity contribution in [1.82, 2.24) is 4.72 Å². The van der Waals surface area contributed by atoms with Crippen LogP contribution in [0.2, 0.25) is 0 Å². The fourth-order valence-corrected chi connectivity index (χ4v) is 2.36. The van der Waals surface area contributed by atoms with Gasteiger partial charge in [0.05, 0.1) is 0 Å². The first kappa shape index (κ1) is 15.3. The molecule has 0 aliphatic carbocycles. The SMILES string of the molecule is CC(C)CC(CN)NS(=O)(=O)C(C)C(=O)O. The Kier molecular flexibility index (Phi) is 5.91. The molecular weight excluding hydrogens is 232 g/mol. The van der Waals surface area contributed by atoms with Crippen LogP contribution < -0.4 is 10.5 Å². The zero-order valence-electron chi connectivity index (χ0n) is 9.80. The average Bonchev–Trinajstić information content (AvgIpc) is 2.14. The monoisotopic (exact) mass is 252 g/mol. The standard InChI is InChI=1S/C9H20N2O4S/c1-6(2)4-8(5-10)11-16(14,15)7(3)9(12)13/h6-8,11H,4-5,10H2,1-3H3,(H,12,13).